The Morgan fingerprint density at radius 1 is 1.50 bits per heavy atom. The lowest BCUT2D eigenvalue weighted by atomic mass is 10.1. The summed E-state index contributed by atoms with van der Waals surface area (Å²) in [5, 5.41) is 7.05. The number of rotatable bonds is 4. The minimum atomic E-state index is -0.259. The quantitative estimate of drug-likeness (QED) is 0.879. The molecule has 3 rings (SSSR count). The summed E-state index contributed by atoms with van der Waals surface area (Å²) in [6.45, 7) is 4.98. The number of fused-ring (bicyclic) bond motifs is 1. The van der Waals surface area contributed by atoms with Crippen molar-refractivity contribution in [3.8, 4) is 0 Å². The summed E-state index contributed by atoms with van der Waals surface area (Å²) in [6, 6.07) is 1.58. The Morgan fingerprint density at radius 3 is 3.05 bits per heavy atom. The summed E-state index contributed by atoms with van der Waals surface area (Å²) in [4.78, 5) is 20.8. The Morgan fingerprint density at radius 2 is 2.32 bits per heavy atom. The van der Waals surface area contributed by atoms with Crippen LogP contribution in [0.5, 0.6) is 0 Å². The molecule has 0 aromatic carbocycles. The first kappa shape index (κ1) is 14.9. The van der Waals surface area contributed by atoms with E-state index in [1.807, 2.05) is 13.8 Å². The van der Waals surface area contributed by atoms with Gasteiger partial charge < -0.3 is 14.8 Å². The zero-order chi connectivity index (χ0) is 15.7. The van der Waals surface area contributed by atoms with Crippen LogP contribution in [-0.4, -0.2) is 58.0 Å². The van der Waals surface area contributed by atoms with Gasteiger partial charge in [-0.2, -0.15) is 10.1 Å². The van der Waals surface area contributed by atoms with Gasteiger partial charge in [0.15, 0.2) is 0 Å². The zero-order valence-corrected chi connectivity index (χ0v) is 12.8. The average molecular weight is 305 g/mol. The molecule has 1 fully saturated rings. The number of ether oxygens (including phenoxy) is 2. The van der Waals surface area contributed by atoms with Gasteiger partial charge in [-0.05, 0) is 12.0 Å². The fourth-order valence-corrected chi connectivity index (χ4v) is 2.51. The molecular weight excluding hydrogens is 286 g/mol. The molecule has 0 bridgehead atoms. The minimum absolute atomic E-state index is 0.134. The first-order chi connectivity index (χ1) is 10.6. The van der Waals surface area contributed by atoms with E-state index in [4.69, 9.17) is 9.47 Å². The van der Waals surface area contributed by atoms with Crippen LogP contribution in [-0.2, 0) is 9.47 Å². The molecule has 0 saturated carbocycles. The Hall–Kier alpha value is -2.06. The van der Waals surface area contributed by atoms with Crippen LogP contribution < -0.4 is 5.32 Å². The lowest BCUT2D eigenvalue weighted by Crippen LogP contribution is -2.43. The molecule has 0 spiro atoms. The van der Waals surface area contributed by atoms with Crippen molar-refractivity contribution >= 4 is 11.7 Å². The molecule has 1 aliphatic heterocycles. The molecule has 0 unspecified atom stereocenters. The smallest absolute Gasteiger partial charge is 0.270 e. The molecule has 1 N–H and O–H groups in total. The Bertz CT molecular complexity index is 684. The van der Waals surface area contributed by atoms with E-state index < -0.39 is 0 Å². The second-order valence-electron chi connectivity index (χ2n) is 5.58. The van der Waals surface area contributed by atoms with Gasteiger partial charge in [-0.3, -0.25) is 4.79 Å². The predicted octanol–water partition coefficient (Wildman–Crippen LogP) is 0.391. The molecule has 3 heterocycles. The van der Waals surface area contributed by atoms with Gasteiger partial charge in [0.05, 0.1) is 24.9 Å². The van der Waals surface area contributed by atoms with Gasteiger partial charge in [0.2, 0.25) is 0 Å². The molecule has 1 saturated heterocycles. The van der Waals surface area contributed by atoms with E-state index >= 15 is 0 Å². The maximum Gasteiger partial charge on any atom is 0.270 e. The van der Waals surface area contributed by atoms with E-state index in [1.54, 1.807) is 17.7 Å². The van der Waals surface area contributed by atoms with Crippen molar-refractivity contribution in [2.45, 2.75) is 31.9 Å². The fourth-order valence-electron chi connectivity index (χ4n) is 2.51. The number of carbonyl (C=O) groups excluding carboxylic acids is 1. The van der Waals surface area contributed by atoms with Crippen molar-refractivity contribution < 1.29 is 14.3 Å². The molecule has 1 aliphatic rings. The number of hydrogen-bond acceptors (Lipinski definition) is 6. The number of nitrogens with one attached hydrogen (secondary N) is 1. The number of hydrogen-bond donors (Lipinski definition) is 1. The Balaban J connectivity index is 1.87. The van der Waals surface area contributed by atoms with Crippen molar-refractivity contribution in [3.05, 3.63) is 23.8 Å². The molecular formula is C14H19N5O3. The Kier molecular flexibility index (Phi) is 4.04. The first-order valence-electron chi connectivity index (χ1n) is 7.22. The van der Waals surface area contributed by atoms with Crippen molar-refractivity contribution in [1.29, 1.82) is 0 Å². The number of carbonyl (C=O) groups is 1. The van der Waals surface area contributed by atoms with Crippen LogP contribution in [0, 0.1) is 0 Å². The van der Waals surface area contributed by atoms with Crippen LogP contribution in [0.25, 0.3) is 5.78 Å². The van der Waals surface area contributed by atoms with Crippen LogP contribution in [0.3, 0.4) is 0 Å². The first-order valence-corrected chi connectivity index (χ1v) is 7.22. The average Bonchev–Trinajstić information content (AvgIpc) is 3.13. The highest BCUT2D eigenvalue weighted by Crippen LogP contribution is 2.16. The molecule has 22 heavy (non-hydrogen) atoms. The maximum absolute atomic E-state index is 12.5. The van der Waals surface area contributed by atoms with E-state index in [1.165, 1.54) is 6.33 Å². The number of nitrogens with zero attached hydrogens (tertiary/aromatic N) is 4. The van der Waals surface area contributed by atoms with Crippen LogP contribution in [0.4, 0.5) is 0 Å². The van der Waals surface area contributed by atoms with E-state index in [-0.39, 0.29) is 24.0 Å². The molecule has 0 radical (unpaired) electrons. The number of methoxy groups -OCH3 is 1. The topological polar surface area (TPSA) is 90.6 Å². The van der Waals surface area contributed by atoms with Gasteiger partial charge in [-0.25, -0.2) is 9.50 Å². The maximum atomic E-state index is 12.5. The minimum Gasteiger partial charge on any atom is -0.377 e. The molecule has 1 amide bonds. The van der Waals surface area contributed by atoms with Crippen LogP contribution in [0.1, 0.15) is 35.9 Å². The summed E-state index contributed by atoms with van der Waals surface area (Å²) in [5.41, 5.74) is 1.21. The summed E-state index contributed by atoms with van der Waals surface area (Å²) in [6.07, 6.45) is 1.30. The highest BCUT2D eigenvalue weighted by atomic mass is 16.5. The number of aromatic nitrogens is 4. The second-order valence-corrected chi connectivity index (χ2v) is 5.58. The van der Waals surface area contributed by atoms with E-state index in [2.05, 4.69) is 20.4 Å². The van der Waals surface area contributed by atoms with Gasteiger partial charge in [0.25, 0.3) is 11.7 Å². The van der Waals surface area contributed by atoms with Crippen LogP contribution in [0.15, 0.2) is 12.4 Å². The monoisotopic (exact) mass is 305 g/mol. The summed E-state index contributed by atoms with van der Waals surface area (Å²) in [7, 11) is 1.61. The molecule has 118 valence electrons. The summed E-state index contributed by atoms with van der Waals surface area (Å²) < 4.78 is 12.3. The lowest BCUT2D eigenvalue weighted by Gasteiger charge is -2.17. The molecule has 2 aromatic rings. The van der Waals surface area contributed by atoms with Gasteiger partial charge in [0.1, 0.15) is 18.1 Å². The third-order valence-electron chi connectivity index (χ3n) is 3.75. The van der Waals surface area contributed by atoms with Crippen LogP contribution >= 0.6 is 0 Å². The number of amides is 1. The highest BCUT2D eigenvalue weighted by molar-refractivity contribution is 5.93. The molecule has 0 aliphatic carbocycles. The Labute approximate surface area is 127 Å². The van der Waals surface area contributed by atoms with Gasteiger partial charge >= 0.3 is 0 Å². The van der Waals surface area contributed by atoms with Gasteiger partial charge in [-0.1, -0.05) is 13.8 Å². The lowest BCUT2D eigenvalue weighted by molar-refractivity contribution is 0.0684. The summed E-state index contributed by atoms with van der Waals surface area (Å²) >= 11 is 0. The fraction of sp³-hybridized carbons (Fsp3) is 0.571. The standard InChI is InChI=1S/C14H19N5O3/c1-8(2)11-4-9(18-14-15-7-16-19(11)14)13(20)17-10-5-22-6-12(10)21-3/h4,7-8,10,12H,5-6H2,1-3H3,(H,17,20)/t10-,12-/m0/s1. The van der Waals surface area contributed by atoms with Crippen molar-refractivity contribution in [1.82, 2.24) is 24.9 Å². The highest BCUT2D eigenvalue weighted by Gasteiger charge is 2.30. The van der Waals surface area contributed by atoms with E-state index in [0.717, 1.165) is 5.69 Å². The van der Waals surface area contributed by atoms with Gasteiger partial charge in [-0.15, -0.1) is 0 Å². The zero-order valence-electron chi connectivity index (χ0n) is 12.8. The SMILES string of the molecule is CO[C@H]1COC[C@@H]1NC(=O)c1cc(C(C)C)n2ncnc2n1. The third kappa shape index (κ3) is 2.67. The normalized spacial score (nSPS) is 21.6. The molecule has 2 atom stereocenters. The summed E-state index contributed by atoms with van der Waals surface area (Å²) in [5.74, 6) is 0.354. The van der Waals surface area contributed by atoms with Crippen molar-refractivity contribution in [2.75, 3.05) is 20.3 Å². The molecule has 2 aromatic heterocycles. The van der Waals surface area contributed by atoms with Crippen LogP contribution in [0.2, 0.25) is 0 Å². The molecule has 8 nitrogen and oxygen atoms in total. The van der Waals surface area contributed by atoms with Crippen molar-refractivity contribution in [2.24, 2.45) is 0 Å². The van der Waals surface area contributed by atoms with E-state index in [9.17, 15) is 4.79 Å². The van der Waals surface area contributed by atoms with Gasteiger partial charge in [0, 0.05) is 7.11 Å². The van der Waals surface area contributed by atoms with Crippen molar-refractivity contribution in [3.63, 3.8) is 0 Å². The third-order valence-corrected chi connectivity index (χ3v) is 3.75. The van der Waals surface area contributed by atoms with E-state index in [0.29, 0.717) is 24.7 Å². The largest absolute Gasteiger partial charge is 0.377 e. The molecule has 8 heteroatoms. The predicted molar refractivity (Wildman–Crippen MR) is 77.7 cm³/mol. The second kappa shape index (κ2) is 5.98.